The molecule has 2 aromatic rings. The van der Waals surface area contributed by atoms with E-state index >= 15 is 0 Å². The van der Waals surface area contributed by atoms with Gasteiger partial charge in [-0.1, -0.05) is 17.7 Å². The summed E-state index contributed by atoms with van der Waals surface area (Å²) >= 11 is 5.85. The zero-order valence-electron chi connectivity index (χ0n) is 9.14. The van der Waals surface area contributed by atoms with Crippen molar-refractivity contribution >= 4 is 23.3 Å². The molecule has 1 amide bonds. The van der Waals surface area contributed by atoms with Gasteiger partial charge in [-0.3, -0.25) is 9.78 Å². The molecule has 0 fully saturated rings. The minimum absolute atomic E-state index is 0.292. The molecule has 5 heteroatoms. The van der Waals surface area contributed by atoms with E-state index < -0.39 is 0 Å². The first-order chi connectivity index (χ1) is 8.16. The molecule has 0 aliphatic heterocycles. The standard InChI is InChI=1S/C12H10ClN3O/c1-8-6-11(15-7-9(8)13)16-12(17)10-4-2-3-5-14-10/h2-7H,1H3,(H,15,16,17). The Labute approximate surface area is 104 Å². The van der Waals surface area contributed by atoms with Gasteiger partial charge in [0.1, 0.15) is 11.5 Å². The van der Waals surface area contributed by atoms with Crippen molar-refractivity contribution in [2.45, 2.75) is 6.92 Å². The topological polar surface area (TPSA) is 54.9 Å². The van der Waals surface area contributed by atoms with Crippen LogP contribution in [0.25, 0.3) is 0 Å². The summed E-state index contributed by atoms with van der Waals surface area (Å²) < 4.78 is 0. The number of carbonyl (C=O) groups excluding carboxylic acids is 1. The van der Waals surface area contributed by atoms with Crippen molar-refractivity contribution in [1.82, 2.24) is 9.97 Å². The molecule has 1 N–H and O–H groups in total. The van der Waals surface area contributed by atoms with E-state index in [9.17, 15) is 4.79 Å². The monoisotopic (exact) mass is 247 g/mol. The number of carbonyl (C=O) groups is 1. The maximum absolute atomic E-state index is 11.8. The smallest absolute Gasteiger partial charge is 0.275 e. The summed E-state index contributed by atoms with van der Waals surface area (Å²) in [5.74, 6) is 0.169. The van der Waals surface area contributed by atoms with E-state index in [2.05, 4.69) is 15.3 Å². The SMILES string of the molecule is Cc1cc(NC(=O)c2ccccn2)ncc1Cl. The van der Waals surface area contributed by atoms with E-state index in [0.29, 0.717) is 16.5 Å². The van der Waals surface area contributed by atoms with Gasteiger partial charge in [-0.05, 0) is 30.7 Å². The molecule has 0 aliphatic carbocycles. The van der Waals surface area contributed by atoms with Crippen LogP contribution in [0.1, 0.15) is 16.1 Å². The Bertz CT molecular complexity index is 543. The van der Waals surface area contributed by atoms with E-state index in [0.717, 1.165) is 5.56 Å². The first-order valence-electron chi connectivity index (χ1n) is 5.01. The predicted octanol–water partition coefficient (Wildman–Crippen LogP) is 2.69. The van der Waals surface area contributed by atoms with Crippen LogP contribution in [0.3, 0.4) is 0 Å². The lowest BCUT2D eigenvalue weighted by atomic mass is 10.3. The Morgan fingerprint density at radius 2 is 2.18 bits per heavy atom. The molecule has 2 heterocycles. The van der Waals surface area contributed by atoms with Gasteiger partial charge in [0, 0.05) is 12.4 Å². The average molecular weight is 248 g/mol. The van der Waals surface area contributed by atoms with Gasteiger partial charge in [0.2, 0.25) is 0 Å². The third-order valence-corrected chi connectivity index (χ3v) is 2.58. The first kappa shape index (κ1) is 11.5. The summed E-state index contributed by atoms with van der Waals surface area (Å²) in [7, 11) is 0. The molecular weight excluding hydrogens is 238 g/mol. The summed E-state index contributed by atoms with van der Waals surface area (Å²) in [5, 5.41) is 3.23. The number of aromatic nitrogens is 2. The number of pyridine rings is 2. The van der Waals surface area contributed by atoms with Crippen LogP contribution in [-0.2, 0) is 0 Å². The van der Waals surface area contributed by atoms with Crippen molar-refractivity contribution in [2.75, 3.05) is 5.32 Å². The molecule has 0 atom stereocenters. The molecule has 86 valence electrons. The summed E-state index contributed by atoms with van der Waals surface area (Å²) in [4.78, 5) is 19.7. The van der Waals surface area contributed by atoms with Gasteiger partial charge in [-0.25, -0.2) is 4.98 Å². The molecule has 4 nitrogen and oxygen atoms in total. The molecule has 0 unspecified atom stereocenters. The summed E-state index contributed by atoms with van der Waals surface area (Å²) in [6.45, 7) is 1.85. The normalized spacial score (nSPS) is 10.0. The number of hydrogen-bond acceptors (Lipinski definition) is 3. The van der Waals surface area contributed by atoms with Crippen LogP contribution in [-0.4, -0.2) is 15.9 Å². The number of nitrogens with one attached hydrogen (secondary N) is 1. The lowest BCUT2D eigenvalue weighted by Crippen LogP contribution is -2.14. The number of anilines is 1. The number of amides is 1. The number of nitrogens with zero attached hydrogens (tertiary/aromatic N) is 2. The second-order valence-electron chi connectivity index (χ2n) is 3.49. The van der Waals surface area contributed by atoms with Gasteiger partial charge >= 0.3 is 0 Å². The Balaban J connectivity index is 2.16. The molecule has 0 aliphatic rings. The highest BCUT2D eigenvalue weighted by Gasteiger charge is 2.07. The molecule has 2 rings (SSSR count). The lowest BCUT2D eigenvalue weighted by Gasteiger charge is -2.05. The predicted molar refractivity (Wildman–Crippen MR) is 66.2 cm³/mol. The zero-order valence-corrected chi connectivity index (χ0v) is 9.90. The highest BCUT2D eigenvalue weighted by molar-refractivity contribution is 6.31. The summed E-state index contributed by atoms with van der Waals surface area (Å²) in [5.41, 5.74) is 1.21. The summed E-state index contributed by atoms with van der Waals surface area (Å²) in [6, 6.07) is 6.85. The van der Waals surface area contributed by atoms with Crippen molar-refractivity contribution in [2.24, 2.45) is 0 Å². The second-order valence-corrected chi connectivity index (χ2v) is 3.90. The van der Waals surface area contributed by atoms with Gasteiger partial charge in [-0.15, -0.1) is 0 Å². The third-order valence-electron chi connectivity index (χ3n) is 2.19. The van der Waals surface area contributed by atoms with Gasteiger partial charge < -0.3 is 5.32 Å². The largest absolute Gasteiger partial charge is 0.305 e. The van der Waals surface area contributed by atoms with E-state index in [1.807, 2.05) is 6.92 Å². The molecular formula is C12H10ClN3O. The maximum Gasteiger partial charge on any atom is 0.275 e. The van der Waals surface area contributed by atoms with Crippen LogP contribution < -0.4 is 5.32 Å². The van der Waals surface area contributed by atoms with Gasteiger partial charge in [0.25, 0.3) is 5.91 Å². The van der Waals surface area contributed by atoms with Crippen LogP contribution in [0, 0.1) is 6.92 Å². The van der Waals surface area contributed by atoms with Crippen LogP contribution in [0.4, 0.5) is 5.82 Å². The van der Waals surface area contributed by atoms with Crippen LogP contribution in [0.2, 0.25) is 5.02 Å². The number of aryl methyl sites for hydroxylation is 1. The van der Waals surface area contributed by atoms with Crippen LogP contribution in [0.15, 0.2) is 36.7 Å². The molecule has 0 radical (unpaired) electrons. The fourth-order valence-corrected chi connectivity index (χ4v) is 1.39. The van der Waals surface area contributed by atoms with E-state index in [1.54, 1.807) is 30.5 Å². The van der Waals surface area contributed by atoms with E-state index in [-0.39, 0.29) is 5.91 Å². The molecule has 17 heavy (non-hydrogen) atoms. The molecule has 0 saturated heterocycles. The highest BCUT2D eigenvalue weighted by atomic mass is 35.5. The molecule has 2 aromatic heterocycles. The van der Waals surface area contributed by atoms with E-state index in [1.165, 1.54) is 6.20 Å². The molecule has 0 bridgehead atoms. The fourth-order valence-electron chi connectivity index (χ4n) is 1.29. The summed E-state index contributed by atoms with van der Waals surface area (Å²) in [6.07, 6.45) is 3.07. The quantitative estimate of drug-likeness (QED) is 0.888. The average Bonchev–Trinajstić information content (AvgIpc) is 2.35. The van der Waals surface area contributed by atoms with Gasteiger partial charge in [0.05, 0.1) is 5.02 Å². The van der Waals surface area contributed by atoms with Crippen molar-refractivity contribution in [3.8, 4) is 0 Å². The number of rotatable bonds is 2. The van der Waals surface area contributed by atoms with E-state index in [4.69, 9.17) is 11.6 Å². The van der Waals surface area contributed by atoms with Crippen LogP contribution >= 0.6 is 11.6 Å². The third kappa shape index (κ3) is 2.79. The van der Waals surface area contributed by atoms with Gasteiger partial charge in [0.15, 0.2) is 0 Å². The van der Waals surface area contributed by atoms with Gasteiger partial charge in [-0.2, -0.15) is 0 Å². The highest BCUT2D eigenvalue weighted by Crippen LogP contribution is 2.16. The number of hydrogen-bond donors (Lipinski definition) is 1. The second kappa shape index (κ2) is 4.93. The van der Waals surface area contributed by atoms with Crippen LogP contribution in [0.5, 0.6) is 0 Å². The Hall–Kier alpha value is -1.94. The van der Waals surface area contributed by atoms with Crippen molar-refractivity contribution in [1.29, 1.82) is 0 Å². The minimum Gasteiger partial charge on any atom is -0.305 e. The minimum atomic E-state index is -0.292. The number of halogens is 1. The van der Waals surface area contributed by atoms with Crippen molar-refractivity contribution in [3.63, 3.8) is 0 Å². The fraction of sp³-hybridized carbons (Fsp3) is 0.0833. The molecule has 0 saturated carbocycles. The lowest BCUT2D eigenvalue weighted by molar-refractivity contribution is 0.102. The van der Waals surface area contributed by atoms with Crippen molar-refractivity contribution < 1.29 is 4.79 Å². The van der Waals surface area contributed by atoms with Crippen molar-refractivity contribution in [3.05, 3.63) is 52.9 Å². The molecule has 0 spiro atoms. The first-order valence-corrected chi connectivity index (χ1v) is 5.39. The Kier molecular flexibility index (Phi) is 3.35. The Morgan fingerprint density at radius 3 is 2.82 bits per heavy atom. The molecule has 0 aromatic carbocycles. The Morgan fingerprint density at radius 1 is 1.35 bits per heavy atom. The maximum atomic E-state index is 11.8. The zero-order chi connectivity index (χ0) is 12.3.